The van der Waals surface area contributed by atoms with Crippen LogP contribution in [0, 0.1) is 11.7 Å². The van der Waals surface area contributed by atoms with Crippen molar-refractivity contribution in [2.45, 2.75) is 19.8 Å². The van der Waals surface area contributed by atoms with Gasteiger partial charge in [0, 0.05) is 12.1 Å². The van der Waals surface area contributed by atoms with Gasteiger partial charge in [0.15, 0.2) is 0 Å². The third-order valence-electron chi connectivity index (χ3n) is 3.04. The van der Waals surface area contributed by atoms with Crippen molar-refractivity contribution in [3.63, 3.8) is 0 Å². The SMILES string of the molecule is CCC(CN)CC(=O)Nc1ccc(F)c(C(=O)OC)c1. The van der Waals surface area contributed by atoms with Crippen molar-refractivity contribution in [1.82, 2.24) is 0 Å². The van der Waals surface area contributed by atoms with Gasteiger partial charge in [0.05, 0.1) is 12.7 Å². The van der Waals surface area contributed by atoms with Gasteiger partial charge in [-0.15, -0.1) is 0 Å². The summed E-state index contributed by atoms with van der Waals surface area (Å²) in [6.45, 7) is 2.39. The summed E-state index contributed by atoms with van der Waals surface area (Å²) in [4.78, 5) is 23.2. The van der Waals surface area contributed by atoms with E-state index in [9.17, 15) is 14.0 Å². The van der Waals surface area contributed by atoms with E-state index in [1.54, 1.807) is 0 Å². The van der Waals surface area contributed by atoms with E-state index in [1.807, 2.05) is 6.92 Å². The molecule has 1 aromatic carbocycles. The van der Waals surface area contributed by atoms with Gasteiger partial charge in [0.2, 0.25) is 5.91 Å². The number of ether oxygens (including phenoxy) is 1. The van der Waals surface area contributed by atoms with Crippen molar-refractivity contribution in [3.8, 4) is 0 Å². The van der Waals surface area contributed by atoms with E-state index >= 15 is 0 Å². The van der Waals surface area contributed by atoms with Crippen molar-refractivity contribution in [2.75, 3.05) is 19.0 Å². The number of benzene rings is 1. The molecule has 0 spiro atoms. The average Bonchev–Trinajstić information content (AvgIpc) is 2.45. The average molecular weight is 282 g/mol. The number of anilines is 1. The zero-order valence-electron chi connectivity index (χ0n) is 11.6. The Balaban J connectivity index is 2.78. The fourth-order valence-corrected chi connectivity index (χ4v) is 1.74. The summed E-state index contributed by atoms with van der Waals surface area (Å²) in [5.74, 6) is -1.59. The van der Waals surface area contributed by atoms with Crippen molar-refractivity contribution >= 4 is 17.6 Å². The Bertz CT molecular complexity index is 487. The molecule has 0 radical (unpaired) electrons. The molecule has 0 aromatic heterocycles. The number of amides is 1. The predicted molar refractivity (Wildman–Crippen MR) is 73.8 cm³/mol. The van der Waals surface area contributed by atoms with Crippen LogP contribution < -0.4 is 11.1 Å². The van der Waals surface area contributed by atoms with Crippen LogP contribution in [0.5, 0.6) is 0 Å². The van der Waals surface area contributed by atoms with E-state index in [-0.39, 0.29) is 23.8 Å². The van der Waals surface area contributed by atoms with Gasteiger partial charge < -0.3 is 15.8 Å². The lowest BCUT2D eigenvalue weighted by Gasteiger charge is -2.12. The molecule has 0 fully saturated rings. The molecule has 0 saturated carbocycles. The Hall–Kier alpha value is -1.95. The normalized spacial score (nSPS) is 11.8. The van der Waals surface area contributed by atoms with E-state index in [0.29, 0.717) is 12.2 Å². The molecule has 0 aliphatic carbocycles. The van der Waals surface area contributed by atoms with Crippen LogP contribution in [0.3, 0.4) is 0 Å². The predicted octanol–water partition coefficient (Wildman–Crippen LogP) is 1.93. The molecule has 1 aromatic rings. The number of carbonyl (C=O) groups excluding carboxylic acids is 2. The van der Waals surface area contributed by atoms with E-state index in [0.717, 1.165) is 12.5 Å². The highest BCUT2D eigenvalue weighted by molar-refractivity contribution is 5.94. The number of nitrogens with one attached hydrogen (secondary N) is 1. The number of hydrogen-bond acceptors (Lipinski definition) is 4. The molecular formula is C14H19FN2O3. The summed E-state index contributed by atoms with van der Waals surface area (Å²) in [5, 5.41) is 2.62. The second kappa shape index (κ2) is 7.59. The Morgan fingerprint density at radius 2 is 2.15 bits per heavy atom. The number of halogens is 1. The molecule has 1 amide bonds. The number of carbonyl (C=O) groups is 2. The van der Waals surface area contributed by atoms with Crippen molar-refractivity contribution in [3.05, 3.63) is 29.6 Å². The van der Waals surface area contributed by atoms with Gasteiger partial charge in [-0.2, -0.15) is 0 Å². The van der Waals surface area contributed by atoms with Gasteiger partial charge in [-0.05, 0) is 30.7 Å². The first kappa shape index (κ1) is 16.1. The monoisotopic (exact) mass is 282 g/mol. The molecular weight excluding hydrogens is 263 g/mol. The maximum Gasteiger partial charge on any atom is 0.340 e. The molecule has 0 bridgehead atoms. The minimum absolute atomic E-state index is 0.107. The molecule has 0 saturated heterocycles. The van der Waals surface area contributed by atoms with Crippen LogP contribution in [-0.2, 0) is 9.53 Å². The van der Waals surface area contributed by atoms with E-state index in [1.165, 1.54) is 19.2 Å². The molecule has 0 heterocycles. The molecule has 0 aliphatic heterocycles. The third kappa shape index (κ3) is 4.31. The summed E-state index contributed by atoms with van der Waals surface area (Å²) < 4.78 is 17.9. The molecule has 1 rings (SSSR count). The minimum atomic E-state index is -0.785. The van der Waals surface area contributed by atoms with Gasteiger partial charge in [0.25, 0.3) is 0 Å². The molecule has 110 valence electrons. The molecule has 1 unspecified atom stereocenters. The lowest BCUT2D eigenvalue weighted by molar-refractivity contribution is -0.117. The van der Waals surface area contributed by atoms with E-state index < -0.39 is 11.8 Å². The summed E-state index contributed by atoms with van der Waals surface area (Å²) in [7, 11) is 1.17. The van der Waals surface area contributed by atoms with Crippen LogP contribution in [0.15, 0.2) is 18.2 Å². The minimum Gasteiger partial charge on any atom is -0.465 e. The summed E-state index contributed by atoms with van der Waals surface area (Å²) in [5.41, 5.74) is 5.67. The number of esters is 1. The molecule has 0 aliphatic rings. The largest absolute Gasteiger partial charge is 0.465 e. The van der Waals surface area contributed by atoms with Gasteiger partial charge >= 0.3 is 5.97 Å². The highest BCUT2D eigenvalue weighted by Crippen LogP contribution is 2.17. The fraction of sp³-hybridized carbons (Fsp3) is 0.429. The zero-order valence-corrected chi connectivity index (χ0v) is 11.6. The van der Waals surface area contributed by atoms with Gasteiger partial charge in [-0.3, -0.25) is 4.79 Å². The van der Waals surface area contributed by atoms with Crippen LogP contribution in [-0.4, -0.2) is 25.5 Å². The fourth-order valence-electron chi connectivity index (χ4n) is 1.74. The van der Waals surface area contributed by atoms with Gasteiger partial charge in [-0.25, -0.2) is 9.18 Å². The summed E-state index contributed by atoms with van der Waals surface area (Å²) in [6, 6.07) is 3.76. The van der Waals surface area contributed by atoms with Crippen molar-refractivity contribution in [1.29, 1.82) is 0 Å². The molecule has 20 heavy (non-hydrogen) atoms. The van der Waals surface area contributed by atoms with Gasteiger partial charge in [0.1, 0.15) is 5.82 Å². The second-order valence-corrected chi connectivity index (χ2v) is 4.45. The van der Waals surface area contributed by atoms with Crippen LogP contribution in [0.25, 0.3) is 0 Å². The van der Waals surface area contributed by atoms with Crippen LogP contribution >= 0.6 is 0 Å². The van der Waals surface area contributed by atoms with E-state index in [4.69, 9.17) is 5.73 Å². The second-order valence-electron chi connectivity index (χ2n) is 4.45. The maximum absolute atomic E-state index is 13.4. The molecule has 1 atom stereocenters. The maximum atomic E-state index is 13.4. The standard InChI is InChI=1S/C14H19FN2O3/c1-3-9(8-16)6-13(18)17-10-4-5-12(15)11(7-10)14(19)20-2/h4-5,7,9H,3,6,8,16H2,1-2H3,(H,17,18). The van der Waals surface area contributed by atoms with Crippen LogP contribution in [0.2, 0.25) is 0 Å². The highest BCUT2D eigenvalue weighted by Gasteiger charge is 2.15. The van der Waals surface area contributed by atoms with Crippen molar-refractivity contribution < 1.29 is 18.7 Å². The third-order valence-corrected chi connectivity index (χ3v) is 3.04. The highest BCUT2D eigenvalue weighted by atomic mass is 19.1. The summed E-state index contributed by atoms with van der Waals surface area (Å²) >= 11 is 0. The van der Waals surface area contributed by atoms with Crippen LogP contribution in [0.4, 0.5) is 10.1 Å². The first-order chi connectivity index (χ1) is 9.51. The number of nitrogens with two attached hydrogens (primary N) is 1. The number of hydrogen-bond donors (Lipinski definition) is 2. The summed E-state index contributed by atoms with van der Waals surface area (Å²) in [6.07, 6.45) is 1.10. The molecule has 6 heteroatoms. The molecule has 5 nitrogen and oxygen atoms in total. The first-order valence-electron chi connectivity index (χ1n) is 6.39. The Kier molecular flexibility index (Phi) is 6.11. The Morgan fingerprint density at radius 1 is 1.45 bits per heavy atom. The Labute approximate surface area is 117 Å². The zero-order chi connectivity index (χ0) is 15.1. The smallest absolute Gasteiger partial charge is 0.340 e. The Morgan fingerprint density at radius 3 is 2.70 bits per heavy atom. The quantitative estimate of drug-likeness (QED) is 0.781. The topological polar surface area (TPSA) is 81.4 Å². The number of methoxy groups -OCH3 is 1. The van der Waals surface area contributed by atoms with Gasteiger partial charge in [-0.1, -0.05) is 13.3 Å². The lowest BCUT2D eigenvalue weighted by atomic mass is 10.0. The number of rotatable bonds is 6. The molecule has 3 N–H and O–H groups in total. The van der Waals surface area contributed by atoms with Crippen LogP contribution in [0.1, 0.15) is 30.1 Å². The lowest BCUT2D eigenvalue weighted by Crippen LogP contribution is -2.22. The van der Waals surface area contributed by atoms with Crippen molar-refractivity contribution in [2.24, 2.45) is 11.7 Å². The first-order valence-corrected chi connectivity index (χ1v) is 6.39. The van der Waals surface area contributed by atoms with E-state index in [2.05, 4.69) is 10.1 Å².